The Kier molecular flexibility index (Phi) is 5.09. The fourth-order valence-electron chi connectivity index (χ4n) is 1.39. The van der Waals surface area contributed by atoms with E-state index >= 15 is 0 Å². The topological polar surface area (TPSA) is 38.9 Å². The molecular formula is C11H19ClN2. The number of nitrogens with zero attached hydrogens (tertiary/aromatic N) is 1. The minimum atomic E-state index is 0. The van der Waals surface area contributed by atoms with Crippen LogP contribution in [0, 0.1) is 5.41 Å². The number of hydrogen-bond acceptors (Lipinski definition) is 2. The van der Waals surface area contributed by atoms with E-state index < -0.39 is 0 Å². The van der Waals surface area contributed by atoms with Crippen LogP contribution in [0.2, 0.25) is 0 Å². The Morgan fingerprint density at radius 3 is 2.21 bits per heavy atom. The molecule has 0 amide bonds. The van der Waals surface area contributed by atoms with Crippen LogP contribution in [0.3, 0.4) is 0 Å². The number of aromatic nitrogens is 1. The van der Waals surface area contributed by atoms with Gasteiger partial charge < -0.3 is 5.73 Å². The Labute approximate surface area is 92.3 Å². The van der Waals surface area contributed by atoms with Crippen molar-refractivity contribution in [1.82, 2.24) is 4.98 Å². The summed E-state index contributed by atoms with van der Waals surface area (Å²) >= 11 is 0. The molecule has 0 bridgehead atoms. The molecule has 1 rings (SSSR count). The van der Waals surface area contributed by atoms with Gasteiger partial charge >= 0.3 is 0 Å². The molecule has 1 aromatic rings. The number of hydrogen-bond donors (Lipinski definition) is 1. The molecule has 2 nitrogen and oxygen atoms in total. The van der Waals surface area contributed by atoms with E-state index in [4.69, 9.17) is 5.73 Å². The minimum absolute atomic E-state index is 0. The molecule has 14 heavy (non-hydrogen) atoms. The van der Waals surface area contributed by atoms with Crippen molar-refractivity contribution < 1.29 is 0 Å². The van der Waals surface area contributed by atoms with Crippen LogP contribution < -0.4 is 5.73 Å². The molecule has 80 valence electrons. The van der Waals surface area contributed by atoms with Gasteiger partial charge in [0.25, 0.3) is 0 Å². The fraction of sp³-hybridized carbons (Fsp3) is 0.545. The predicted octanol–water partition coefficient (Wildman–Crippen LogP) is 2.94. The average Bonchev–Trinajstić information content (AvgIpc) is 2.03. The van der Waals surface area contributed by atoms with Gasteiger partial charge in [0, 0.05) is 18.4 Å². The normalized spacial score (nSPS) is 13.1. The highest BCUT2D eigenvalue weighted by atomic mass is 35.5. The van der Waals surface area contributed by atoms with E-state index in [1.807, 2.05) is 12.1 Å². The van der Waals surface area contributed by atoms with Gasteiger partial charge in [0.1, 0.15) is 0 Å². The molecule has 1 atom stereocenters. The summed E-state index contributed by atoms with van der Waals surface area (Å²) in [4.78, 5) is 3.97. The molecule has 0 fully saturated rings. The quantitative estimate of drug-likeness (QED) is 0.822. The molecule has 1 heterocycles. The lowest BCUT2D eigenvalue weighted by molar-refractivity contribution is 0.342. The summed E-state index contributed by atoms with van der Waals surface area (Å²) in [6.45, 7) is 6.61. The van der Waals surface area contributed by atoms with Crippen molar-refractivity contribution in [3.8, 4) is 0 Å². The lowest BCUT2D eigenvalue weighted by Gasteiger charge is -2.23. The monoisotopic (exact) mass is 214 g/mol. The maximum atomic E-state index is 6.05. The molecule has 0 spiro atoms. The molecule has 1 aromatic heterocycles. The van der Waals surface area contributed by atoms with E-state index in [1.165, 1.54) is 5.56 Å². The third-order valence-electron chi connectivity index (χ3n) is 1.97. The molecule has 2 N–H and O–H groups in total. The van der Waals surface area contributed by atoms with Gasteiger partial charge in [0.2, 0.25) is 0 Å². The highest BCUT2D eigenvalue weighted by Crippen LogP contribution is 2.26. The standard InChI is InChI=1S/C11H18N2.ClH/c1-11(2,3)8-10(12)9-4-6-13-7-5-9;/h4-7,10H,8,12H2,1-3H3;1H. The molecular weight excluding hydrogens is 196 g/mol. The summed E-state index contributed by atoms with van der Waals surface area (Å²) in [6.07, 6.45) is 4.58. The second-order valence-corrected chi connectivity index (χ2v) is 4.65. The summed E-state index contributed by atoms with van der Waals surface area (Å²) in [7, 11) is 0. The van der Waals surface area contributed by atoms with Crippen LogP contribution in [0.15, 0.2) is 24.5 Å². The second-order valence-electron chi connectivity index (χ2n) is 4.65. The van der Waals surface area contributed by atoms with Gasteiger partial charge in [-0.2, -0.15) is 0 Å². The molecule has 0 saturated heterocycles. The molecule has 0 aromatic carbocycles. The summed E-state index contributed by atoms with van der Waals surface area (Å²) in [5.74, 6) is 0. The molecule has 0 aliphatic carbocycles. The maximum Gasteiger partial charge on any atom is 0.0300 e. The first kappa shape index (κ1) is 13.4. The van der Waals surface area contributed by atoms with E-state index in [0.29, 0.717) is 0 Å². The first-order chi connectivity index (χ1) is 5.99. The van der Waals surface area contributed by atoms with E-state index in [1.54, 1.807) is 12.4 Å². The van der Waals surface area contributed by atoms with Gasteiger partial charge in [-0.15, -0.1) is 12.4 Å². The molecule has 0 aliphatic heterocycles. The smallest absolute Gasteiger partial charge is 0.0300 e. The van der Waals surface area contributed by atoms with E-state index in [0.717, 1.165) is 6.42 Å². The Balaban J connectivity index is 0.00000169. The lowest BCUT2D eigenvalue weighted by Crippen LogP contribution is -2.18. The van der Waals surface area contributed by atoms with E-state index in [2.05, 4.69) is 25.8 Å². The van der Waals surface area contributed by atoms with E-state index in [-0.39, 0.29) is 23.9 Å². The zero-order valence-electron chi connectivity index (χ0n) is 9.03. The van der Waals surface area contributed by atoms with Crippen molar-refractivity contribution in [2.75, 3.05) is 0 Å². The van der Waals surface area contributed by atoms with Gasteiger partial charge in [-0.3, -0.25) is 4.98 Å². The van der Waals surface area contributed by atoms with Gasteiger partial charge in [-0.05, 0) is 29.5 Å². The largest absolute Gasteiger partial charge is 0.324 e. The number of halogens is 1. The minimum Gasteiger partial charge on any atom is -0.324 e. The van der Waals surface area contributed by atoms with Gasteiger partial charge in [-0.1, -0.05) is 20.8 Å². The summed E-state index contributed by atoms with van der Waals surface area (Å²) in [5.41, 5.74) is 7.51. The first-order valence-electron chi connectivity index (χ1n) is 4.64. The highest BCUT2D eigenvalue weighted by Gasteiger charge is 2.16. The fourth-order valence-corrected chi connectivity index (χ4v) is 1.39. The van der Waals surface area contributed by atoms with Crippen molar-refractivity contribution >= 4 is 12.4 Å². The summed E-state index contributed by atoms with van der Waals surface area (Å²) in [5, 5.41) is 0. The summed E-state index contributed by atoms with van der Waals surface area (Å²) in [6, 6.07) is 4.09. The van der Waals surface area contributed by atoms with Crippen LogP contribution >= 0.6 is 12.4 Å². The predicted molar refractivity (Wildman–Crippen MR) is 62.5 cm³/mol. The molecule has 0 aliphatic rings. The number of nitrogens with two attached hydrogens (primary N) is 1. The van der Waals surface area contributed by atoms with Gasteiger partial charge in [0.15, 0.2) is 0 Å². The third-order valence-corrected chi connectivity index (χ3v) is 1.97. The van der Waals surface area contributed by atoms with Crippen LogP contribution in [0.25, 0.3) is 0 Å². The van der Waals surface area contributed by atoms with Crippen molar-refractivity contribution in [2.24, 2.45) is 11.1 Å². The number of rotatable bonds is 2. The van der Waals surface area contributed by atoms with Crippen molar-refractivity contribution in [3.05, 3.63) is 30.1 Å². The Morgan fingerprint density at radius 1 is 1.29 bits per heavy atom. The molecule has 0 saturated carbocycles. The number of pyridine rings is 1. The van der Waals surface area contributed by atoms with Crippen LogP contribution in [0.4, 0.5) is 0 Å². The van der Waals surface area contributed by atoms with Gasteiger partial charge in [0.05, 0.1) is 0 Å². The Hall–Kier alpha value is -0.600. The highest BCUT2D eigenvalue weighted by molar-refractivity contribution is 5.85. The van der Waals surface area contributed by atoms with Crippen molar-refractivity contribution in [1.29, 1.82) is 0 Å². The van der Waals surface area contributed by atoms with Crippen molar-refractivity contribution in [3.63, 3.8) is 0 Å². The SMILES string of the molecule is CC(C)(C)CC(N)c1ccncc1.Cl. The zero-order valence-corrected chi connectivity index (χ0v) is 9.84. The molecule has 0 radical (unpaired) electrons. The van der Waals surface area contributed by atoms with Crippen LogP contribution in [0.5, 0.6) is 0 Å². The summed E-state index contributed by atoms with van der Waals surface area (Å²) < 4.78 is 0. The maximum absolute atomic E-state index is 6.05. The van der Waals surface area contributed by atoms with Crippen molar-refractivity contribution in [2.45, 2.75) is 33.2 Å². The lowest BCUT2D eigenvalue weighted by atomic mass is 9.86. The zero-order chi connectivity index (χ0) is 9.90. The second kappa shape index (κ2) is 5.32. The molecule has 3 heteroatoms. The van der Waals surface area contributed by atoms with Crippen LogP contribution in [0.1, 0.15) is 38.8 Å². The van der Waals surface area contributed by atoms with Crippen LogP contribution in [-0.4, -0.2) is 4.98 Å². The van der Waals surface area contributed by atoms with E-state index in [9.17, 15) is 0 Å². The first-order valence-corrected chi connectivity index (χ1v) is 4.64. The average molecular weight is 215 g/mol. The van der Waals surface area contributed by atoms with Crippen LogP contribution in [-0.2, 0) is 0 Å². The molecule has 1 unspecified atom stereocenters. The Morgan fingerprint density at radius 2 is 1.79 bits per heavy atom. The van der Waals surface area contributed by atoms with Gasteiger partial charge in [-0.25, -0.2) is 0 Å². The Bertz CT molecular complexity index is 254. The third kappa shape index (κ3) is 4.58.